The summed E-state index contributed by atoms with van der Waals surface area (Å²) in [6.45, 7) is 11.7. The van der Waals surface area contributed by atoms with Crippen LogP contribution in [0.25, 0.3) is 0 Å². The van der Waals surface area contributed by atoms with Crippen LogP contribution in [-0.2, 0) is 9.47 Å². The van der Waals surface area contributed by atoms with Crippen molar-refractivity contribution in [3.63, 3.8) is 0 Å². The maximum atomic E-state index is 12.3. The average Bonchev–Trinajstić information content (AvgIpc) is 2.45. The van der Waals surface area contributed by atoms with E-state index in [1.165, 1.54) is 0 Å². The number of carbonyl (C=O) groups is 1. The van der Waals surface area contributed by atoms with Crippen molar-refractivity contribution in [3.8, 4) is 0 Å². The second-order valence-corrected chi connectivity index (χ2v) is 8.03. The zero-order valence-corrected chi connectivity index (χ0v) is 15.4. The van der Waals surface area contributed by atoms with Crippen LogP contribution >= 0.6 is 0 Å². The number of likely N-dealkylation sites (tertiary alicyclic amines) is 1. The van der Waals surface area contributed by atoms with Crippen molar-refractivity contribution in [3.05, 3.63) is 0 Å². The SMILES string of the molecule is CCC1CC(NC2CCN(C(=O)OC(C)(C)C)C(C)C2)CCO1. The first-order valence-corrected chi connectivity index (χ1v) is 9.15. The fraction of sp³-hybridized carbons (Fsp3) is 0.944. The number of hydrogen-bond acceptors (Lipinski definition) is 4. The van der Waals surface area contributed by atoms with Crippen LogP contribution in [0.2, 0.25) is 0 Å². The highest BCUT2D eigenvalue weighted by Gasteiger charge is 2.33. The molecule has 0 bridgehead atoms. The Hall–Kier alpha value is -0.810. The normalized spacial score (nSPS) is 32.7. The number of nitrogens with zero attached hydrogens (tertiary/aromatic N) is 1. The molecule has 4 unspecified atom stereocenters. The molecule has 2 aliphatic rings. The summed E-state index contributed by atoms with van der Waals surface area (Å²) in [4.78, 5) is 14.1. The van der Waals surface area contributed by atoms with Crippen molar-refractivity contribution in [2.45, 2.75) is 96.6 Å². The summed E-state index contributed by atoms with van der Waals surface area (Å²) in [5, 5.41) is 3.80. The first kappa shape index (κ1) is 18.5. The number of carbonyl (C=O) groups excluding carboxylic acids is 1. The molecule has 134 valence electrons. The molecule has 2 fully saturated rings. The van der Waals surface area contributed by atoms with Gasteiger partial charge in [0, 0.05) is 31.3 Å². The minimum absolute atomic E-state index is 0.180. The standard InChI is InChI=1S/C18H34N2O3/c1-6-16-12-15(8-10-22-16)19-14-7-9-20(13(2)11-14)17(21)23-18(3,4)5/h13-16,19H,6-12H2,1-5H3. The average molecular weight is 326 g/mol. The second kappa shape index (κ2) is 7.84. The summed E-state index contributed by atoms with van der Waals surface area (Å²) in [5.74, 6) is 0. The van der Waals surface area contributed by atoms with Gasteiger partial charge in [0.05, 0.1) is 6.10 Å². The van der Waals surface area contributed by atoms with Crippen molar-refractivity contribution in [2.24, 2.45) is 0 Å². The van der Waals surface area contributed by atoms with Gasteiger partial charge in [-0.25, -0.2) is 4.79 Å². The summed E-state index contributed by atoms with van der Waals surface area (Å²) < 4.78 is 11.3. The minimum Gasteiger partial charge on any atom is -0.444 e. The fourth-order valence-electron chi connectivity index (χ4n) is 3.56. The van der Waals surface area contributed by atoms with Crippen LogP contribution in [0.3, 0.4) is 0 Å². The van der Waals surface area contributed by atoms with E-state index in [-0.39, 0.29) is 12.1 Å². The van der Waals surface area contributed by atoms with Gasteiger partial charge in [0.25, 0.3) is 0 Å². The number of ether oxygens (including phenoxy) is 2. The molecule has 23 heavy (non-hydrogen) atoms. The fourth-order valence-corrected chi connectivity index (χ4v) is 3.56. The number of piperidine rings is 1. The lowest BCUT2D eigenvalue weighted by molar-refractivity contribution is -0.00748. The molecule has 1 amide bonds. The van der Waals surface area contributed by atoms with Gasteiger partial charge < -0.3 is 19.7 Å². The van der Waals surface area contributed by atoms with Gasteiger partial charge in [-0.3, -0.25) is 0 Å². The molecule has 0 saturated carbocycles. The van der Waals surface area contributed by atoms with E-state index in [9.17, 15) is 4.79 Å². The Bertz CT molecular complexity index is 394. The van der Waals surface area contributed by atoms with Crippen LogP contribution in [0.1, 0.15) is 66.7 Å². The number of amides is 1. The maximum absolute atomic E-state index is 12.3. The van der Waals surface area contributed by atoms with Crippen LogP contribution in [-0.4, -0.2) is 54.0 Å². The molecule has 1 N–H and O–H groups in total. The van der Waals surface area contributed by atoms with Crippen molar-refractivity contribution >= 4 is 6.09 Å². The molecule has 0 spiro atoms. The van der Waals surface area contributed by atoms with Crippen LogP contribution in [0.5, 0.6) is 0 Å². The van der Waals surface area contributed by atoms with E-state index in [2.05, 4.69) is 19.2 Å². The summed E-state index contributed by atoms with van der Waals surface area (Å²) in [7, 11) is 0. The molecule has 0 aromatic carbocycles. The van der Waals surface area contributed by atoms with Gasteiger partial charge in [0.15, 0.2) is 0 Å². The quantitative estimate of drug-likeness (QED) is 0.864. The molecule has 5 nitrogen and oxygen atoms in total. The topological polar surface area (TPSA) is 50.8 Å². The van der Waals surface area contributed by atoms with E-state index in [0.29, 0.717) is 18.2 Å². The van der Waals surface area contributed by atoms with Gasteiger partial charge in [-0.2, -0.15) is 0 Å². The van der Waals surface area contributed by atoms with E-state index in [1.54, 1.807) is 0 Å². The van der Waals surface area contributed by atoms with Crippen LogP contribution in [0.4, 0.5) is 4.79 Å². The largest absolute Gasteiger partial charge is 0.444 e. The molecular weight excluding hydrogens is 292 g/mol. The second-order valence-electron chi connectivity index (χ2n) is 8.03. The van der Waals surface area contributed by atoms with Crippen molar-refractivity contribution in [1.82, 2.24) is 10.2 Å². The van der Waals surface area contributed by atoms with Crippen LogP contribution in [0, 0.1) is 0 Å². The first-order chi connectivity index (χ1) is 10.8. The van der Waals surface area contributed by atoms with Gasteiger partial charge >= 0.3 is 6.09 Å². The molecule has 2 rings (SSSR count). The van der Waals surface area contributed by atoms with Gasteiger partial charge in [0.1, 0.15) is 5.60 Å². The molecule has 5 heteroatoms. The third-order valence-corrected chi connectivity index (χ3v) is 4.80. The predicted molar refractivity (Wildman–Crippen MR) is 91.6 cm³/mol. The lowest BCUT2D eigenvalue weighted by Gasteiger charge is -2.40. The lowest BCUT2D eigenvalue weighted by atomic mass is 9.95. The first-order valence-electron chi connectivity index (χ1n) is 9.15. The Morgan fingerprint density at radius 3 is 2.57 bits per heavy atom. The summed E-state index contributed by atoms with van der Waals surface area (Å²) >= 11 is 0. The van der Waals surface area contributed by atoms with Gasteiger partial charge in [-0.05, 0) is 59.8 Å². The zero-order chi connectivity index (χ0) is 17.0. The molecule has 4 atom stereocenters. The van der Waals surface area contributed by atoms with Gasteiger partial charge in [-0.1, -0.05) is 6.92 Å². The number of rotatable bonds is 3. The minimum atomic E-state index is -0.427. The Morgan fingerprint density at radius 2 is 1.96 bits per heavy atom. The molecule has 2 heterocycles. The smallest absolute Gasteiger partial charge is 0.410 e. The summed E-state index contributed by atoms with van der Waals surface area (Å²) in [6.07, 6.45) is 5.51. The number of hydrogen-bond donors (Lipinski definition) is 1. The van der Waals surface area contributed by atoms with E-state index in [0.717, 1.165) is 45.3 Å². The zero-order valence-electron chi connectivity index (χ0n) is 15.4. The Labute approximate surface area is 141 Å². The molecule has 2 saturated heterocycles. The van der Waals surface area contributed by atoms with Crippen LogP contribution < -0.4 is 5.32 Å². The third-order valence-electron chi connectivity index (χ3n) is 4.80. The Kier molecular flexibility index (Phi) is 6.32. The third kappa shape index (κ3) is 5.64. The highest BCUT2D eigenvalue weighted by atomic mass is 16.6. The summed E-state index contributed by atoms with van der Waals surface area (Å²) in [5.41, 5.74) is -0.427. The molecule has 0 aromatic heterocycles. The summed E-state index contributed by atoms with van der Waals surface area (Å²) in [6, 6.07) is 1.26. The Morgan fingerprint density at radius 1 is 1.26 bits per heavy atom. The van der Waals surface area contributed by atoms with Gasteiger partial charge in [-0.15, -0.1) is 0 Å². The highest BCUT2D eigenvalue weighted by molar-refractivity contribution is 5.68. The predicted octanol–water partition coefficient (Wildman–Crippen LogP) is 3.32. The molecular formula is C18H34N2O3. The molecule has 0 aromatic rings. The van der Waals surface area contributed by atoms with Gasteiger partial charge in [0.2, 0.25) is 0 Å². The van der Waals surface area contributed by atoms with E-state index < -0.39 is 5.60 Å². The van der Waals surface area contributed by atoms with E-state index in [4.69, 9.17) is 9.47 Å². The highest BCUT2D eigenvalue weighted by Crippen LogP contribution is 2.23. The van der Waals surface area contributed by atoms with Crippen molar-refractivity contribution < 1.29 is 14.3 Å². The molecule has 0 aliphatic carbocycles. The van der Waals surface area contributed by atoms with Crippen molar-refractivity contribution in [1.29, 1.82) is 0 Å². The monoisotopic (exact) mass is 326 g/mol. The Balaban J connectivity index is 1.80. The van der Waals surface area contributed by atoms with Crippen LogP contribution in [0.15, 0.2) is 0 Å². The lowest BCUT2D eigenvalue weighted by Crippen LogP contribution is -2.53. The van der Waals surface area contributed by atoms with Crippen molar-refractivity contribution in [2.75, 3.05) is 13.2 Å². The van der Waals surface area contributed by atoms with E-state index >= 15 is 0 Å². The molecule has 2 aliphatic heterocycles. The maximum Gasteiger partial charge on any atom is 0.410 e. The number of nitrogens with one attached hydrogen (secondary N) is 1. The molecule has 0 radical (unpaired) electrons. The van der Waals surface area contributed by atoms with E-state index in [1.807, 2.05) is 25.7 Å².